The molecule has 0 radical (unpaired) electrons. The Morgan fingerprint density at radius 2 is 0.800 bits per heavy atom. The molecule has 80 heavy (non-hydrogen) atoms. The van der Waals surface area contributed by atoms with Crippen molar-refractivity contribution in [3.05, 3.63) is 122 Å². The number of quaternary nitrogens is 1. The number of nitrogens with zero attached hydrogens (tertiary/aromatic N) is 1. The van der Waals surface area contributed by atoms with Crippen LogP contribution >= 0.6 is 7.82 Å². The summed E-state index contributed by atoms with van der Waals surface area (Å²) in [6.07, 6.45) is 82.0. The van der Waals surface area contributed by atoms with E-state index in [1.807, 2.05) is 33.3 Å². The molecule has 0 saturated carbocycles. The zero-order valence-electron chi connectivity index (χ0n) is 52.3. The molecule has 0 rings (SSSR count). The number of hydrogen-bond acceptors (Lipinski definition) is 6. The molecule has 3 atom stereocenters. The lowest BCUT2D eigenvalue weighted by molar-refractivity contribution is -0.870. The highest BCUT2D eigenvalue weighted by molar-refractivity contribution is 7.47. The molecule has 0 bridgehead atoms. The van der Waals surface area contributed by atoms with E-state index in [0.717, 1.165) is 135 Å². The number of esters is 1. The van der Waals surface area contributed by atoms with Crippen LogP contribution in [0.25, 0.3) is 0 Å². The van der Waals surface area contributed by atoms with E-state index in [1.165, 1.54) is 83.5 Å². The van der Waals surface area contributed by atoms with Crippen LogP contribution in [0.2, 0.25) is 0 Å². The van der Waals surface area contributed by atoms with Crippen LogP contribution in [0, 0.1) is 0 Å². The van der Waals surface area contributed by atoms with E-state index in [9.17, 15) is 19.0 Å². The molecule has 3 unspecified atom stereocenters. The smallest absolute Gasteiger partial charge is 0.456 e. The second-order valence-corrected chi connectivity index (χ2v) is 24.0. The summed E-state index contributed by atoms with van der Waals surface area (Å²) in [4.78, 5) is 37.8. The van der Waals surface area contributed by atoms with Crippen molar-refractivity contribution in [3.63, 3.8) is 0 Å². The predicted molar refractivity (Wildman–Crippen MR) is 346 cm³/mol. The Hall–Kier alpha value is -3.59. The van der Waals surface area contributed by atoms with Gasteiger partial charge in [0.15, 0.2) is 0 Å². The van der Waals surface area contributed by atoms with Crippen molar-refractivity contribution in [2.24, 2.45) is 0 Å². The molecule has 2 N–H and O–H groups in total. The molecule has 0 aliphatic carbocycles. The van der Waals surface area contributed by atoms with Crippen molar-refractivity contribution in [1.82, 2.24) is 5.32 Å². The number of likely N-dealkylation sites (N-methyl/N-ethyl adjacent to an activating group) is 1. The number of carbonyl (C=O) groups excluding carboxylic acids is 2. The third-order valence-electron chi connectivity index (χ3n) is 13.6. The normalized spacial score (nSPS) is 14.4. The summed E-state index contributed by atoms with van der Waals surface area (Å²) in [5.41, 5.74) is 0. The van der Waals surface area contributed by atoms with Gasteiger partial charge in [-0.2, -0.15) is 0 Å². The van der Waals surface area contributed by atoms with Crippen LogP contribution in [-0.4, -0.2) is 74.3 Å². The Kier molecular flexibility index (Phi) is 56.0. The summed E-state index contributed by atoms with van der Waals surface area (Å²) in [5, 5.41) is 3.05. The number of rotatable bonds is 57. The van der Waals surface area contributed by atoms with Gasteiger partial charge in [-0.15, -0.1) is 0 Å². The standard InChI is InChI=1S/C70H121N2O7P/c1-7-10-13-16-19-22-25-28-30-31-32-33-34-35-36-37-38-39-40-41-42-44-47-50-53-56-59-62-69(73)71-67(66-78-80(75,76)77-65-64-72(4,5)6)68(61-58-55-52-49-46-43-27-24-21-18-15-12-9-3)79-70(74)63-60-57-54-51-48-45-29-26-23-20-17-14-11-8-2/h10-11,13-14,19-20,22-23,28-30,32-33,35-36,38-39,45,58,61,67-68H,7-9,12,15-18,21,24-27,31,34,37,40-44,46-57,59-60,62-66H2,1-6H3,(H-,71,73,75,76)/p+1/b13-10-,14-11+,22-19-,23-20+,30-28-,33-32-,36-35-,39-38-,45-29+,61-58-. The maximum absolute atomic E-state index is 13.6. The van der Waals surface area contributed by atoms with E-state index in [1.54, 1.807) is 0 Å². The molecule has 9 nitrogen and oxygen atoms in total. The number of hydrogen-bond donors (Lipinski definition) is 2. The summed E-state index contributed by atoms with van der Waals surface area (Å²) in [6.45, 7) is 6.76. The fraction of sp³-hybridized carbons (Fsp3) is 0.686. The van der Waals surface area contributed by atoms with Gasteiger partial charge in [0.2, 0.25) is 5.91 Å². The van der Waals surface area contributed by atoms with Gasteiger partial charge in [-0.25, -0.2) is 4.57 Å². The van der Waals surface area contributed by atoms with E-state index in [0.29, 0.717) is 23.9 Å². The van der Waals surface area contributed by atoms with Gasteiger partial charge in [0.05, 0.1) is 33.8 Å². The van der Waals surface area contributed by atoms with Crippen LogP contribution in [0.4, 0.5) is 0 Å². The van der Waals surface area contributed by atoms with Crippen LogP contribution in [-0.2, 0) is 27.9 Å². The SMILES string of the molecule is CC/C=C\C/C=C\C/C=C\C/C=C\C/C=C\C/C=C\CCCCCCCCCCC(=O)NC(COP(=O)(O)OCC[N+](C)(C)C)C(/C=C\CCCCCCCCCCCCC)OC(=O)CCCCCC/C=C/C/C=C/C/C=C/CC. The van der Waals surface area contributed by atoms with Gasteiger partial charge in [-0.05, 0) is 115 Å². The minimum absolute atomic E-state index is 0.0285. The average molecular weight is 1130 g/mol. The Morgan fingerprint density at radius 3 is 1.20 bits per heavy atom. The molecule has 0 aliphatic rings. The Bertz CT molecular complexity index is 1780. The average Bonchev–Trinajstić information content (AvgIpc) is 3.42. The van der Waals surface area contributed by atoms with E-state index >= 15 is 0 Å². The molecule has 10 heteroatoms. The molecule has 0 heterocycles. The van der Waals surface area contributed by atoms with Crippen LogP contribution in [0.15, 0.2) is 122 Å². The van der Waals surface area contributed by atoms with Crippen LogP contribution in [0.1, 0.15) is 258 Å². The van der Waals surface area contributed by atoms with E-state index in [-0.39, 0.29) is 31.5 Å². The number of phosphoric ester groups is 1. The minimum atomic E-state index is -4.47. The molecule has 0 spiro atoms. The lowest BCUT2D eigenvalue weighted by atomic mass is 10.0. The zero-order chi connectivity index (χ0) is 58.6. The topological polar surface area (TPSA) is 111 Å². The van der Waals surface area contributed by atoms with Crippen LogP contribution < -0.4 is 5.32 Å². The van der Waals surface area contributed by atoms with Crippen molar-refractivity contribution in [1.29, 1.82) is 0 Å². The fourth-order valence-corrected chi connectivity index (χ4v) is 9.46. The van der Waals surface area contributed by atoms with Crippen molar-refractivity contribution in [2.45, 2.75) is 270 Å². The number of unbranched alkanes of at least 4 members (excludes halogenated alkanes) is 23. The Balaban J connectivity index is 5.18. The largest absolute Gasteiger partial charge is 0.472 e. The summed E-state index contributed by atoms with van der Waals surface area (Å²) in [5.74, 6) is -0.546. The summed E-state index contributed by atoms with van der Waals surface area (Å²) in [6, 6.07) is -0.871. The highest BCUT2D eigenvalue weighted by Crippen LogP contribution is 2.43. The summed E-state index contributed by atoms with van der Waals surface area (Å²) in [7, 11) is 1.46. The van der Waals surface area contributed by atoms with Gasteiger partial charge in [-0.3, -0.25) is 18.6 Å². The van der Waals surface area contributed by atoms with Crippen molar-refractivity contribution >= 4 is 19.7 Å². The summed E-state index contributed by atoms with van der Waals surface area (Å²) >= 11 is 0. The molecule has 0 saturated heterocycles. The van der Waals surface area contributed by atoms with Gasteiger partial charge in [0.25, 0.3) is 0 Å². The molecule has 0 aromatic heterocycles. The van der Waals surface area contributed by atoms with Gasteiger partial charge in [-0.1, -0.05) is 252 Å². The molecule has 0 aromatic carbocycles. The minimum Gasteiger partial charge on any atom is -0.456 e. The number of amides is 1. The Labute approximate surface area is 493 Å². The molecule has 0 aromatic rings. The maximum atomic E-state index is 13.6. The molecule has 0 fully saturated rings. The highest BCUT2D eigenvalue weighted by atomic mass is 31.2. The van der Waals surface area contributed by atoms with Crippen molar-refractivity contribution in [2.75, 3.05) is 40.9 Å². The van der Waals surface area contributed by atoms with Crippen molar-refractivity contribution in [3.8, 4) is 0 Å². The number of allylic oxidation sites excluding steroid dienone is 19. The monoisotopic (exact) mass is 1130 g/mol. The lowest BCUT2D eigenvalue weighted by Gasteiger charge is -2.27. The van der Waals surface area contributed by atoms with Crippen molar-refractivity contribution < 1.29 is 37.3 Å². The van der Waals surface area contributed by atoms with Gasteiger partial charge >= 0.3 is 13.8 Å². The zero-order valence-corrected chi connectivity index (χ0v) is 53.2. The second kappa shape index (κ2) is 58.6. The number of nitrogens with one attached hydrogen (secondary N) is 1. The first-order valence-electron chi connectivity index (χ1n) is 32.4. The number of carbonyl (C=O) groups is 2. The number of phosphoric acid groups is 1. The highest BCUT2D eigenvalue weighted by Gasteiger charge is 2.30. The van der Waals surface area contributed by atoms with E-state index < -0.39 is 20.0 Å². The predicted octanol–water partition coefficient (Wildman–Crippen LogP) is 20.3. The molecular formula is C70H122N2O7P+. The van der Waals surface area contributed by atoms with E-state index in [2.05, 4.69) is 135 Å². The van der Waals surface area contributed by atoms with Crippen LogP contribution in [0.3, 0.4) is 0 Å². The lowest BCUT2D eigenvalue weighted by Crippen LogP contribution is -2.47. The van der Waals surface area contributed by atoms with Gasteiger partial charge < -0.3 is 19.4 Å². The molecular weight excluding hydrogens is 1010 g/mol. The maximum Gasteiger partial charge on any atom is 0.472 e. The third kappa shape index (κ3) is 59.0. The van der Waals surface area contributed by atoms with Gasteiger partial charge in [0.1, 0.15) is 19.3 Å². The fourth-order valence-electron chi connectivity index (χ4n) is 8.72. The first-order valence-corrected chi connectivity index (χ1v) is 33.9. The van der Waals surface area contributed by atoms with Gasteiger partial charge in [0, 0.05) is 12.8 Å². The Morgan fingerprint density at radius 1 is 0.450 bits per heavy atom. The number of ether oxygens (including phenoxy) is 1. The quantitative estimate of drug-likeness (QED) is 0.0205. The van der Waals surface area contributed by atoms with E-state index in [4.69, 9.17) is 13.8 Å². The first kappa shape index (κ1) is 76.4. The summed E-state index contributed by atoms with van der Waals surface area (Å²) < 4.78 is 30.7. The van der Waals surface area contributed by atoms with Crippen LogP contribution in [0.5, 0.6) is 0 Å². The molecule has 1 amide bonds. The first-order chi connectivity index (χ1) is 38.9. The molecule has 458 valence electrons. The third-order valence-corrected chi connectivity index (χ3v) is 14.6. The second-order valence-electron chi connectivity index (χ2n) is 22.5. The molecule has 0 aliphatic heterocycles.